The number of nitrogens with two attached hydrogens (primary N) is 2. The van der Waals surface area contributed by atoms with Crippen LogP contribution < -0.4 is 27.8 Å². The Hall–Kier alpha value is -1.22. The molecule has 0 spiro atoms. The van der Waals surface area contributed by atoms with Gasteiger partial charge in [-0.15, -0.1) is 5.59 Å². The van der Waals surface area contributed by atoms with Crippen molar-refractivity contribution in [2.45, 2.75) is 25.8 Å². The molecule has 0 aliphatic rings. The van der Waals surface area contributed by atoms with Gasteiger partial charge < -0.3 is 21.5 Å². The number of hydrazine groups is 1. The van der Waals surface area contributed by atoms with E-state index in [2.05, 4.69) is 23.1 Å². The molecule has 1 aromatic rings. The Kier molecular flexibility index (Phi) is 13.9. The van der Waals surface area contributed by atoms with E-state index in [0.29, 0.717) is 6.61 Å². The first-order valence-electron chi connectivity index (χ1n) is 7.61. The summed E-state index contributed by atoms with van der Waals surface area (Å²) in [5, 5.41) is 15.7. The molecule has 0 radical (unpaired) electrons. The van der Waals surface area contributed by atoms with Crippen molar-refractivity contribution in [2.24, 2.45) is 11.6 Å². The highest BCUT2D eigenvalue weighted by atomic mass is 16.7. The van der Waals surface area contributed by atoms with E-state index in [9.17, 15) is 5.11 Å². The maximum atomic E-state index is 9.23. The normalized spacial score (nSPS) is 11.6. The van der Waals surface area contributed by atoms with Crippen molar-refractivity contribution < 1.29 is 9.94 Å². The minimum Gasteiger partial charge on any atom is -0.508 e. The number of hydrogen-bond donors (Lipinski definition) is 6. The molecule has 0 aromatic heterocycles. The number of benzene rings is 1. The molecule has 0 saturated heterocycles. The van der Waals surface area contributed by atoms with Crippen LogP contribution >= 0.6 is 0 Å². The van der Waals surface area contributed by atoms with E-state index in [1.165, 1.54) is 0 Å². The van der Waals surface area contributed by atoms with Gasteiger partial charge >= 0.3 is 0 Å². The largest absolute Gasteiger partial charge is 0.508 e. The second-order valence-corrected chi connectivity index (χ2v) is 4.84. The first-order valence-corrected chi connectivity index (χ1v) is 7.61. The molecule has 8 N–H and O–H groups in total. The smallest absolute Gasteiger partial charge is 0.115 e. The molecule has 0 aliphatic carbocycles. The lowest BCUT2D eigenvalue weighted by Gasteiger charge is -2.18. The topological polar surface area (TPSA) is 118 Å². The number of nitrogens with one attached hydrogen (secondary N) is 3. The van der Waals surface area contributed by atoms with Crippen molar-refractivity contribution in [3.05, 3.63) is 29.8 Å². The molecule has 128 valence electrons. The molecule has 22 heavy (non-hydrogen) atoms. The van der Waals surface area contributed by atoms with Gasteiger partial charge in [0.15, 0.2) is 0 Å². The molecule has 0 bridgehead atoms. The first-order chi connectivity index (χ1) is 10.7. The van der Waals surface area contributed by atoms with E-state index in [4.69, 9.17) is 16.4 Å². The van der Waals surface area contributed by atoms with Gasteiger partial charge in [0, 0.05) is 19.1 Å². The Bertz CT molecular complexity index is 346. The molecular weight excluding hydrogens is 282 g/mol. The van der Waals surface area contributed by atoms with Crippen LogP contribution in [0.1, 0.15) is 18.9 Å². The van der Waals surface area contributed by atoms with Crippen molar-refractivity contribution in [2.75, 3.05) is 33.3 Å². The summed E-state index contributed by atoms with van der Waals surface area (Å²) in [5.74, 6) is 5.38. The SMILES string of the molecule is CCCN.CNCCNC(CONN)Cc1ccc(O)cc1. The van der Waals surface area contributed by atoms with Crippen molar-refractivity contribution in [3.8, 4) is 5.75 Å². The molecule has 1 unspecified atom stereocenters. The summed E-state index contributed by atoms with van der Waals surface area (Å²) >= 11 is 0. The third-order valence-corrected chi connectivity index (χ3v) is 2.88. The Morgan fingerprint density at radius 3 is 2.36 bits per heavy atom. The lowest BCUT2D eigenvalue weighted by Crippen LogP contribution is -2.41. The first kappa shape index (κ1) is 20.8. The van der Waals surface area contributed by atoms with Crippen LogP contribution in [0.3, 0.4) is 0 Å². The van der Waals surface area contributed by atoms with Crippen LogP contribution in [0.5, 0.6) is 5.75 Å². The molecule has 1 aromatic carbocycles. The quantitative estimate of drug-likeness (QED) is 0.202. The minimum atomic E-state index is 0.166. The van der Waals surface area contributed by atoms with Gasteiger partial charge in [0.25, 0.3) is 0 Å². The average molecular weight is 313 g/mol. The Morgan fingerprint density at radius 2 is 1.86 bits per heavy atom. The summed E-state index contributed by atoms with van der Waals surface area (Å²) in [6, 6.07) is 7.33. The highest BCUT2D eigenvalue weighted by Gasteiger charge is 2.09. The molecule has 0 amide bonds. The predicted octanol–water partition coefficient (Wildman–Crippen LogP) is -0.138. The number of hydrogen-bond acceptors (Lipinski definition) is 7. The fourth-order valence-corrected chi connectivity index (χ4v) is 1.66. The second kappa shape index (κ2) is 14.7. The molecule has 1 atom stereocenters. The van der Waals surface area contributed by atoms with Gasteiger partial charge in [0.2, 0.25) is 0 Å². The second-order valence-electron chi connectivity index (χ2n) is 4.84. The summed E-state index contributed by atoms with van der Waals surface area (Å²) in [6.07, 6.45) is 1.91. The third kappa shape index (κ3) is 11.4. The summed E-state index contributed by atoms with van der Waals surface area (Å²) in [6.45, 7) is 5.09. The van der Waals surface area contributed by atoms with Crippen LogP contribution in [0.4, 0.5) is 0 Å². The lowest BCUT2D eigenvalue weighted by atomic mass is 10.1. The Balaban J connectivity index is 0.000000980. The number of likely N-dealkylation sites (N-methyl/N-ethyl adjacent to an activating group) is 1. The van der Waals surface area contributed by atoms with Crippen LogP contribution in [-0.2, 0) is 11.3 Å². The van der Waals surface area contributed by atoms with Crippen molar-refractivity contribution >= 4 is 0 Å². The van der Waals surface area contributed by atoms with Gasteiger partial charge in [-0.25, -0.2) is 5.84 Å². The zero-order chi connectivity index (χ0) is 16.6. The van der Waals surface area contributed by atoms with Crippen molar-refractivity contribution in [1.29, 1.82) is 0 Å². The van der Waals surface area contributed by atoms with Crippen LogP contribution in [0.15, 0.2) is 24.3 Å². The zero-order valence-electron chi connectivity index (χ0n) is 13.6. The van der Waals surface area contributed by atoms with Gasteiger partial charge in [-0.2, -0.15) is 0 Å². The molecule has 7 nitrogen and oxygen atoms in total. The van der Waals surface area contributed by atoms with Gasteiger partial charge in [-0.3, -0.25) is 4.84 Å². The highest BCUT2D eigenvalue weighted by Crippen LogP contribution is 2.11. The van der Waals surface area contributed by atoms with Gasteiger partial charge in [0.05, 0.1) is 6.61 Å². The van der Waals surface area contributed by atoms with E-state index in [-0.39, 0.29) is 11.8 Å². The lowest BCUT2D eigenvalue weighted by molar-refractivity contribution is 0.0262. The third-order valence-electron chi connectivity index (χ3n) is 2.88. The summed E-state index contributed by atoms with van der Waals surface area (Å²) in [7, 11) is 1.91. The summed E-state index contributed by atoms with van der Waals surface area (Å²) in [4.78, 5) is 5.02. The minimum absolute atomic E-state index is 0.166. The zero-order valence-corrected chi connectivity index (χ0v) is 13.6. The highest BCUT2D eigenvalue weighted by molar-refractivity contribution is 5.26. The van der Waals surface area contributed by atoms with Gasteiger partial charge in [-0.1, -0.05) is 19.1 Å². The maximum absolute atomic E-state index is 9.23. The van der Waals surface area contributed by atoms with Crippen molar-refractivity contribution in [3.63, 3.8) is 0 Å². The van der Waals surface area contributed by atoms with E-state index in [0.717, 1.165) is 38.0 Å². The monoisotopic (exact) mass is 313 g/mol. The van der Waals surface area contributed by atoms with E-state index in [1.54, 1.807) is 12.1 Å². The number of aromatic hydroxyl groups is 1. The predicted molar refractivity (Wildman–Crippen MR) is 90.1 cm³/mol. The summed E-state index contributed by atoms with van der Waals surface area (Å²) in [5.41, 5.74) is 8.35. The maximum Gasteiger partial charge on any atom is 0.115 e. The Labute approximate surface area is 133 Å². The van der Waals surface area contributed by atoms with E-state index < -0.39 is 0 Å². The van der Waals surface area contributed by atoms with E-state index >= 15 is 0 Å². The van der Waals surface area contributed by atoms with Gasteiger partial charge in [0.1, 0.15) is 5.75 Å². The van der Waals surface area contributed by atoms with Gasteiger partial charge in [-0.05, 0) is 44.1 Å². The molecule has 1 rings (SSSR count). The Morgan fingerprint density at radius 1 is 1.23 bits per heavy atom. The van der Waals surface area contributed by atoms with Crippen LogP contribution in [-0.4, -0.2) is 44.4 Å². The van der Waals surface area contributed by atoms with E-state index in [1.807, 2.05) is 19.2 Å². The molecule has 0 aliphatic heterocycles. The number of rotatable bonds is 10. The fourth-order valence-electron chi connectivity index (χ4n) is 1.66. The molecule has 0 heterocycles. The standard InChI is InChI=1S/C12H22N4O2.C3H9N/c1-14-6-7-15-11(9-18-16-13)8-10-2-4-12(17)5-3-10;1-2-3-4/h2-5,11,14-17H,6-9,13H2,1H3;2-4H2,1H3. The van der Waals surface area contributed by atoms with Crippen LogP contribution in [0, 0.1) is 0 Å². The molecule has 7 heteroatoms. The fraction of sp³-hybridized carbons (Fsp3) is 0.600. The number of phenols is 1. The van der Waals surface area contributed by atoms with Crippen LogP contribution in [0.25, 0.3) is 0 Å². The average Bonchev–Trinajstić information content (AvgIpc) is 2.55. The van der Waals surface area contributed by atoms with Crippen LogP contribution in [0.2, 0.25) is 0 Å². The summed E-state index contributed by atoms with van der Waals surface area (Å²) < 4.78 is 0. The molecule has 0 saturated carbocycles. The van der Waals surface area contributed by atoms with Crippen molar-refractivity contribution in [1.82, 2.24) is 16.2 Å². The molecule has 0 fully saturated rings. The molecular formula is C15H31N5O2. The number of phenolic OH excluding ortho intramolecular Hbond substituents is 1.